The molecule has 1 N–H and O–H groups in total. The highest BCUT2D eigenvalue weighted by atomic mass is 19.1. The standard InChI is InChI=1S/C16H22FNO3/c1-11(19)12-7-5-6-8-13(12)16(17)9-18(10-16)14(20)21-15(2,3)4/h5-8,11,19H,9-10H2,1-4H3/t11-/m0/s1. The molecule has 0 unspecified atom stereocenters. The zero-order valence-corrected chi connectivity index (χ0v) is 12.9. The van der Waals surface area contributed by atoms with Crippen LogP contribution < -0.4 is 0 Å². The first-order valence-corrected chi connectivity index (χ1v) is 7.07. The Bertz CT molecular complexity index is 531. The minimum absolute atomic E-state index is 0.0500. The summed E-state index contributed by atoms with van der Waals surface area (Å²) in [5.74, 6) is 0. The largest absolute Gasteiger partial charge is 0.444 e. The number of ether oxygens (including phenoxy) is 1. The summed E-state index contributed by atoms with van der Waals surface area (Å²) in [6.45, 7) is 6.83. The molecule has 1 heterocycles. The number of likely N-dealkylation sites (tertiary alicyclic amines) is 1. The van der Waals surface area contributed by atoms with E-state index in [0.29, 0.717) is 11.1 Å². The Hall–Kier alpha value is -1.62. The van der Waals surface area contributed by atoms with E-state index < -0.39 is 23.5 Å². The van der Waals surface area contributed by atoms with Gasteiger partial charge in [-0.15, -0.1) is 0 Å². The molecular formula is C16H22FNO3. The minimum Gasteiger partial charge on any atom is -0.444 e. The van der Waals surface area contributed by atoms with Gasteiger partial charge in [0.05, 0.1) is 19.2 Å². The van der Waals surface area contributed by atoms with E-state index in [4.69, 9.17) is 4.74 Å². The molecule has 1 fully saturated rings. The number of benzene rings is 1. The molecule has 1 atom stereocenters. The number of aliphatic hydroxyl groups is 1. The van der Waals surface area contributed by atoms with Crippen molar-refractivity contribution >= 4 is 6.09 Å². The molecule has 1 aromatic rings. The molecule has 0 saturated carbocycles. The number of hydrogen-bond acceptors (Lipinski definition) is 3. The first kappa shape index (κ1) is 15.8. The van der Waals surface area contributed by atoms with Gasteiger partial charge in [-0.2, -0.15) is 0 Å². The first-order valence-electron chi connectivity index (χ1n) is 7.07. The lowest BCUT2D eigenvalue weighted by molar-refractivity contribution is -0.0547. The van der Waals surface area contributed by atoms with Crippen LogP contribution in [0, 0.1) is 0 Å². The highest BCUT2D eigenvalue weighted by Crippen LogP contribution is 2.40. The Kier molecular flexibility index (Phi) is 3.97. The van der Waals surface area contributed by atoms with Crippen molar-refractivity contribution in [3.8, 4) is 0 Å². The van der Waals surface area contributed by atoms with E-state index in [9.17, 15) is 14.3 Å². The fourth-order valence-electron chi connectivity index (χ4n) is 2.45. The fraction of sp³-hybridized carbons (Fsp3) is 0.562. The van der Waals surface area contributed by atoms with Gasteiger partial charge in [-0.1, -0.05) is 24.3 Å². The smallest absolute Gasteiger partial charge is 0.410 e. The molecule has 4 nitrogen and oxygen atoms in total. The molecule has 1 amide bonds. The third-order valence-electron chi connectivity index (χ3n) is 3.43. The van der Waals surface area contributed by atoms with E-state index in [0.717, 1.165) is 0 Å². The normalized spacial score (nSPS) is 18.9. The fourth-order valence-corrected chi connectivity index (χ4v) is 2.45. The van der Waals surface area contributed by atoms with Crippen molar-refractivity contribution in [2.45, 2.75) is 45.1 Å². The summed E-state index contributed by atoms with van der Waals surface area (Å²) >= 11 is 0. The Morgan fingerprint density at radius 3 is 2.48 bits per heavy atom. The molecule has 5 heteroatoms. The zero-order chi connectivity index (χ0) is 15.8. The number of amides is 1. The lowest BCUT2D eigenvalue weighted by Gasteiger charge is -2.45. The summed E-state index contributed by atoms with van der Waals surface area (Å²) in [5, 5.41) is 9.74. The van der Waals surface area contributed by atoms with Crippen LogP contribution in [0.2, 0.25) is 0 Å². The van der Waals surface area contributed by atoms with Gasteiger partial charge in [0, 0.05) is 0 Å². The Morgan fingerprint density at radius 2 is 1.95 bits per heavy atom. The van der Waals surface area contributed by atoms with Gasteiger partial charge in [-0.3, -0.25) is 0 Å². The summed E-state index contributed by atoms with van der Waals surface area (Å²) in [6.07, 6.45) is -1.25. The van der Waals surface area contributed by atoms with E-state index in [1.54, 1.807) is 52.0 Å². The molecule has 2 rings (SSSR count). The summed E-state index contributed by atoms with van der Waals surface area (Å²) in [4.78, 5) is 13.2. The summed E-state index contributed by atoms with van der Waals surface area (Å²) in [7, 11) is 0. The third kappa shape index (κ3) is 3.35. The molecule has 0 spiro atoms. The van der Waals surface area contributed by atoms with E-state index in [2.05, 4.69) is 0 Å². The average molecular weight is 295 g/mol. The van der Waals surface area contributed by atoms with Gasteiger partial charge in [-0.25, -0.2) is 9.18 Å². The van der Waals surface area contributed by atoms with Gasteiger partial charge in [0.15, 0.2) is 5.67 Å². The average Bonchev–Trinajstić information content (AvgIpc) is 2.32. The second-order valence-electron chi connectivity index (χ2n) is 6.56. The number of aliphatic hydroxyl groups excluding tert-OH is 1. The lowest BCUT2D eigenvalue weighted by atomic mass is 9.84. The molecular weight excluding hydrogens is 273 g/mol. The van der Waals surface area contributed by atoms with Crippen LogP contribution in [-0.2, 0) is 10.4 Å². The molecule has 21 heavy (non-hydrogen) atoms. The second-order valence-corrected chi connectivity index (χ2v) is 6.56. The molecule has 1 aliphatic rings. The van der Waals surface area contributed by atoms with Crippen LogP contribution in [-0.4, -0.2) is 34.8 Å². The first-order chi connectivity index (χ1) is 9.62. The van der Waals surface area contributed by atoms with Crippen LogP contribution in [0.3, 0.4) is 0 Å². The summed E-state index contributed by atoms with van der Waals surface area (Å²) in [5.41, 5.74) is -1.21. The summed E-state index contributed by atoms with van der Waals surface area (Å²) < 4.78 is 20.2. The van der Waals surface area contributed by atoms with Gasteiger partial charge in [0.25, 0.3) is 0 Å². The Balaban J connectivity index is 2.10. The molecule has 0 aliphatic carbocycles. The lowest BCUT2D eigenvalue weighted by Crippen LogP contribution is -2.60. The van der Waals surface area contributed by atoms with Crippen molar-refractivity contribution < 1.29 is 19.0 Å². The van der Waals surface area contributed by atoms with Crippen molar-refractivity contribution in [2.24, 2.45) is 0 Å². The molecule has 0 bridgehead atoms. The highest BCUT2D eigenvalue weighted by molar-refractivity contribution is 5.70. The zero-order valence-electron chi connectivity index (χ0n) is 12.9. The molecule has 1 saturated heterocycles. The van der Waals surface area contributed by atoms with Crippen molar-refractivity contribution in [1.82, 2.24) is 4.90 Å². The number of nitrogens with zero attached hydrogens (tertiary/aromatic N) is 1. The van der Waals surface area contributed by atoms with Crippen molar-refractivity contribution in [3.63, 3.8) is 0 Å². The van der Waals surface area contributed by atoms with Crippen molar-refractivity contribution in [3.05, 3.63) is 35.4 Å². The number of alkyl halides is 1. The van der Waals surface area contributed by atoms with Crippen LogP contribution in [0.25, 0.3) is 0 Å². The van der Waals surface area contributed by atoms with Crippen molar-refractivity contribution in [1.29, 1.82) is 0 Å². The quantitative estimate of drug-likeness (QED) is 0.912. The number of halogens is 1. The maximum atomic E-state index is 14.9. The highest BCUT2D eigenvalue weighted by Gasteiger charge is 2.49. The van der Waals surface area contributed by atoms with Crippen LogP contribution in [0.5, 0.6) is 0 Å². The molecule has 116 valence electrons. The number of carbonyl (C=O) groups is 1. The Labute approximate surface area is 124 Å². The van der Waals surface area contributed by atoms with Crippen LogP contribution in [0.15, 0.2) is 24.3 Å². The van der Waals surface area contributed by atoms with E-state index in [-0.39, 0.29) is 13.1 Å². The van der Waals surface area contributed by atoms with Crippen LogP contribution >= 0.6 is 0 Å². The van der Waals surface area contributed by atoms with Gasteiger partial charge >= 0.3 is 6.09 Å². The molecule has 0 aromatic heterocycles. The summed E-state index contributed by atoms with van der Waals surface area (Å²) in [6, 6.07) is 6.86. The monoisotopic (exact) mass is 295 g/mol. The third-order valence-corrected chi connectivity index (χ3v) is 3.43. The van der Waals surface area contributed by atoms with Gasteiger partial charge in [-0.05, 0) is 38.8 Å². The topological polar surface area (TPSA) is 49.8 Å². The SMILES string of the molecule is C[C@H](O)c1ccccc1C1(F)CN(C(=O)OC(C)(C)C)C1. The maximum Gasteiger partial charge on any atom is 0.410 e. The van der Waals surface area contributed by atoms with E-state index >= 15 is 0 Å². The van der Waals surface area contributed by atoms with Crippen LogP contribution in [0.4, 0.5) is 9.18 Å². The van der Waals surface area contributed by atoms with Crippen LogP contribution in [0.1, 0.15) is 44.9 Å². The van der Waals surface area contributed by atoms with E-state index in [1.807, 2.05) is 0 Å². The van der Waals surface area contributed by atoms with Gasteiger partial charge in [0.2, 0.25) is 0 Å². The van der Waals surface area contributed by atoms with Gasteiger partial charge < -0.3 is 14.7 Å². The molecule has 1 aliphatic heterocycles. The second kappa shape index (κ2) is 5.30. The number of rotatable bonds is 2. The van der Waals surface area contributed by atoms with Gasteiger partial charge in [0.1, 0.15) is 5.60 Å². The molecule has 1 aromatic carbocycles. The predicted octanol–water partition coefficient (Wildman–Crippen LogP) is 3.16. The number of hydrogen-bond donors (Lipinski definition) is 1. The maximum absolute atomic E-state index is 14.9. The Morgan fingerprint density at radius 1 is 1.38 bits per heavy atom. The molecule has 0 radical (unpaired) electrons. The minimum atomic E-state index is -1.62. The predicted molar refractivity (Wildman–Crippen MR) is 77.7 cm³/mol. The van der Waals surface area contributed by atoms with Crippen molar-refractivity contribution in [2.75, 3.05) is 13.1 Å². The number of carbonyl (C=O) groups excluding carboxylic acids is 1. The van der Waals surface area contributed by atoms with E-state index in [1.165, 1.54) is 4.90 Å².